The maximum absolute atomic E-state index is 5.64. The van der Waals surface area contributed by atoms with Crippen LogP contribution in [-0.4, -0.2) is 30.2 Å². The molecule has 0 aliphatic heterocycles. The molecule has 1 aromatic carbocycles. The largest absolute Gasteiger partial charge is 0.375 e. The molecule has 4 nitrogen and oxygen atoms in total. The van der Waals surface area contributed by atoms with Gasteiger partial charge in [-0.15, -0.1) is 0 Å². The van der Waals surface area contributed by atoms with Crippen molar-refractivity contribution in [2.75, 3.05) is 25.1 Å². The Labute approximate surface area is 114 Å². The minimum absolute atomic E-state index is 0.642. The smallest absolute Gasteiger partial charge is 0.225 e. The lowest BCUT2D eigenvalue weighted by molar-refractivity contribution is 0.127. The third-order valence-corrected chi connectivity index (χ3v) is 2.79. The summed E-state index contributed by atoms with van der Waals surface area (Å²) in [7, 11) is 1.97. The minimum atomic E-state index is 0.642. The zero-order valence-electron chi connectivity index (χ0n) is 11.4. The molecule has 0 saturated carbocycles. The fourth-order valence-corrected chi connectivity index (χ4v) is 1.65. The van der Waals surface area contributed by atoms with Crippen molar-refractivity contribution in [1.29, 1.82) is 0 Å². The Hall–Kier alpha value is -1.94. The molecule has 1 heterocycles. The van der Waals surface area contributed by atoms with Gasteiger partial charge in [0.25, 0.3) is 0 Å². The summed E-state index contributed by atoms with van der Waals surface area (Å²) in [5, 5.41) is 0. The first kappa shape index (κ1) is 13.5. The van der Waals surface area contributed by atoms with Crippen molar-refractivity contribution in [1.82, 2.24) is 9.97 Å². The molecule has 2 rings (SSSR count). The van der Waals surface area contributed by atoms with Crippen molar-refractivity contribution in [2.24, 2.45) is 0 Å². The number of aryl methyl sites for hydroxylation is 1. The lowest BCUT2D eigenvalue weighted by Crippen LogP contribution is -2.24. The Morgan fingerprint density at radius 3 is 2.47 bits per heavy atom. The van der Waals surface area contributed by atoms with E-state index in [9.17, 15) is 0 Å². The topological polar surface area (TPSA) is 38.2 Å². The first-order valence-corrected chi connectivity index (χ1v) is 6.37. The van der Waals surface area contributed by atoms with Crippen LogP contribution in [0.1, 0.15) is 11.1 Å². The molecule has 0 fully saturated rings. The number of hydrogen-bond donors (Lipinski definition) is 0. The molecular weight excluding hydrogens is 238 g/mol. The Morgan fingerprint density at radius 1 is 1.11 bits per heavy atom. The average Bonchev–Trinajstić information content (AvgIpc) is 2.45. The molecule has 2 aromatic rings. The van der Waals surface area contributed by atoms with Crippen LogP contribution in [0.5, 0.6) is 0 Å². The van der Waals surface area contributed by atoms with E-state index in [1.54, 1.807) is 0 Å². The second-order valence-electron chi connectivity index (χ2n) is 4.52. The zero-order chi connectivity index (χ0) is 13.5. The predicted molar refractivity (Wildman–Crippen MR) is 76.1 cm³/mol. The lowest BCUT2D eigenvalue weighted by Gasteiger charge is -2.16. The van der Waals surface area contributed by atoms with Gasteiger partial charge in [-0.2, -0.15) is 0 Å². The number of aromatic nitrogens is 2. The van der Waals surface area contributed by atoms with Crippen LogP contribution in [0, 0.1) is 6.92 Å². The molecule has 19 heavy (non-hydrogen) atoms. The fraction of sp³-hybridized carbons (Fsp3) is 0.333. The van der Waals surface area contributed by atoms with Gasteiger partial charge < -0.3 is 9.64 Å². The van der Waals surface area contributed by atoms with Gasteiger partial charge in [-0.3, -0.25) is 0 Å². The summed E-state index contributed by atoms with van der Waals surface area (Å²) in [6.07, 6.45) is 3.65. The van der Waals surface area contributed by atoms with E-state index in [1.165, 1.54) is 5.56 Å². The number of rotatable bonds is 6. The highest BCUT2D eigenvalue weighted by molar-refractivity contribution is 5.27. The van der Waals surface area contributed by atoms with Gasteiger partial charge in [0.15, 0.2) is 0 Å². The number of ether oxygens (including phenoxy) is 1. The molecule has 1 aromatic heterocycles. The van der Waals surface area contributed by atoms with E-state index in [4.69, 9.17) is 4.74 Å². The maximum Gasteiger partial charge on any atom is 0.225 e. The first-order chi connectivity index (χ1) is 9.25. The number of likely N-dealkylation sites (N-methyl/N-ethyl adjacent to an activating group) is 1. The van der Waals surface area contributed by atoms with E-state index < -0.39 is 0 Å². The minimum Gasteiger partial charge on any atom is -0.375 e. The van der Waals surface area contributed by atoms with Crippen LogP contribution in [-0.2, 0) is 11.3 Å². The summed E-state index contributed by atoms with van der Waals surface area (Å²) < 4.78 is 5.64. The molecule has 0 aliphatic carbocycles. The normalized spacial score (nSPS) is 10.4. The fourth-order valence-electron chi connectivity index (χ4n) is 1.65. The third kappa shape index (κ3) is 4.34. The van der Waals surface area contributed by atoms with Gasteiger partial charge in [-0.25, -0.2) is 9.97 Å². The number of nitrogens with zero attached hydrogens (tertiary/aromatic N) is 3. The van der Waals surface area contributed by atoms with Gasteiger partial charge in [0, 0.05) is 26.0 Å². The number of anilines is 1. The van der Waals surface area contributed by atoms with E-state index in [1.807, 2.05) is 49.5 Å². The van der Waals surface area contributed by atoms with E-state index in [0.717, 1.165) is 18.1 Å². The average molecular weight is 257 g/mol. The summed E-state index contributed by atoms with van der Waals surface area (Å²) in [5.41, 5.74) is 2.26. The molecule has 4 heteroatoms. The summed E-state index contributed by atoms with van der Waals surface area (Å²) in [6.45, 7) is 4.05. The molecule has 0 saturated heterocycles. The molecule has 0 aliphatic rings. The van der Waals surface area contributed by atoms with Gasteiger partial charge in [-0.05, 0) is 18.1 Å². The highest BCUT2D eigenvalue weighted by Crippen LogP contribution is 2.04. The van der Waals surface area contributed by atoms with Gasteiger partial charge >= 0.3 is 0 Å². The van der Waals surface area contributed by atoms with Gasteiger partial charge in [-0.1, -0.05) is 30.3 Å². The Balaban J connectivity index is 1.72. The lowest BCUT2D eigenvalue weighted by atomic mass is 10.2. The molecule has 100 valence electrons. The number of benzene rings is 1. The zero-order valence-corrected chi connectivity index (χ0v) is 11.4. The van der Waals surface area contributed by atoms with Crippen molar-refractivity contribution in [3.63, 3.8) is 0 Å². The number of hydrogen-bond acceptors (Lipinski definition) is 4. The third-order valence-electron chi connectivity index (χ3n) is 2.79. The van der Waals surface area contributed by atoms with Crippen LogP contribution in [0.4, 0.5) is 5.95 Å². The van der Waals surface area contributed by atoms with Crippen LogP contribution >= 0.6 is 0 Å². The summed E-state index contributed by atoms with van der Waals surface area (Å²) in [4.78, 5) is 10.5. The van der Waals surface area contributed by atoms with Crippen LogP contribution in [0.2, 0.25) is 0 Å². The van der Waals surface area contributed by atoms with E-state index in [-0.39, 0.29) is 0 Å². The monoisotopic (exact) mass is 257 g/mol. The van der Waals surface area contributed by atoms with Crippen LogP contribution in [0.15, 0.2) is 42.7 Å². The summed E-state index contributed by atoms with van der Waals surface area (Å²) >= 11 is 0. The molecular formula is C15H19N3O. The predicted octanol–water partition coefficient (Wildman–Crippen LogP) is 2.44. The molecule has 0 atom stereocenters. The maximum atomic E-state index is 5.64. The van der Waals surface area contributed by atoms with Crippen molar-refractivity contribution in [2.45, 2.75) is 13.5 Å². The second kappa shape index (κ2) is 6.85. The molecule has 0 amide bonds. The van der Waals surface area contributed by atoms with E-state index in [2.05, 4.69) is 22.1 Å². The molecule has 0 unspecified atom stereocenters. The molecule has 0 bridgehead atoms. The van der Waals surface area contributed by atoms with Crippen molar-refractivity contribution >= 4 is 5.95 Å². The Morgan fingerprint density at radius 2 is 1.79 bits per heavy atom. The van der Waals surface area contributed by atoms with Crippen LogP contribution < -0.4 is 4.90 Å². The molecule has 0 N–H and O–H groups in total. The van der Waals surface area contributed by atoms with E-state index >= 15 is 0 Å². The summed E-state index contributed by atoms with van der Waals surface area (Å²) in [5.74, 6) is 0.730. The van der Waals surface area contributed by atoms with Crippen molar-refractivity contribution < 1.29 is 4.74 Å². The Bertz CT molecular complexity index is 485. The van der Waals surface area contributed by atoms with Gasteiger partial charge in [0.2, 0.25) is 5.95 Å². The highest BCUT2D eigenvalue weighted by Gasteiger charge is 2.03. The SMILES string of the molecule is Cc1cnc(N(C)CCOCc2ccccc2)nc1. The van der Waals surface area contributed by atoms with Gasteiger partial charge in [0.05, 0.1) is 13.2 Å². The first-order valence-electron chi connectivity index (χ1n) is 6.37. The van der Waals surface area contributed by atoms with E-state index in [0.29, 0.717) is 13.2 Å². The molecule has 0 radical (unpaired) electrons. The summed E-state index contributed by atoms with van der Waals surface area (Å²) in [6, 6.07) is 10.2. The van der Waals surface area contributed by atoms with Crippen molar-refractivity contribution in [3.05, 3.63) is 53.9 Å². The second-order valence-corrected chi connectivity index (χ2v) is 4.52. The van der Waals surface area contributed by atoms with Crippen molar-refractivity contribution in [3.8, 4) is 0 Å². The van der Waals surface area contributed by atoms with Gasteiger partial charge in [0.1, 0.15) is 0 Å². The highest BCUT2D eigenvalue weighted by atomic mass is 16.5. The standard InChI is InChI=1S/C15H19N3O/c1-13-10-16-15(17-11-13)18(2)8-9-19-12-14-6-4-3-5-7-14/h3-7,10-11H,8-9,12H2,1-2H3. The Kier molecular flexibility index (Phi) is 4.86. The quantitative estimate of drug-likeness (QED) is 0.745. The van der Waals surface area contributed by atoms with Crippen LogP contribution in [0.25, 0.3) is 0 Å². The molecule has 0 spiro atoms. The van der Waals surface area contributed by atoms with Crippen LogP contribution in [0.3, 0.4) is 0 Å².